The third-order valence-corrected chi connectivity index (χ3v) is 6.39. The fourth-order valence-corrected chi connectivity index (χ4v) is 4.69. The van der Waals surface area contributed by atoms with E-state index in [9.17, 15) is 9.18 Å². The van der Waals surface area contributed by atoms with Crippen LogP contribution in [0.3, 0.4) is 0 Å². The third-order valence-electron chi connectivity index (χ3n) is 6.39. The molecule has 0 spiro atoms. The molecule has 3 aliphatic rings. The lowest BCUT2D eigenvalue weighted by Crippen LogP contribution is -2.57. The second-order valence-corrected chi connectivity index (χ2v) is 8.31. The van der Waals surface area contributed by atoms with E-state index in [0.29, 0.717) is 35.1 Å². The van der Waals surface area contributed by atoms with Crippen LogP contribution in [0.1, 0.15) is 0 Å². The number of hydrogen-bond donors (Lipinski definition) is 2. The van der Waals surface area contributed by atoms with E-state index in [0.717, 1.165) is 31.7 Å². The number of piperidine rings is 1. The number of halogens is 1. The van der Waals surface area contributed by atoms with Gasteiger partial charge in [-0.15, -0.1) is 0 Å². The maximum Gasteiger partial charge on any atom is 0.229 e. The maximum atomic E-state index is 13.1. The van der Waals surface area contributed by atoms with Crippen LogP contribution in [-0.4, -0.2) is 60.0 Å². The van der Waals surface area contributed by atoms with Gasteiger partial charge in [-0.3, -0.25) is 9.69 Å². The highest BCUT2D eigenvalue weighted by Crippen LogP contribution is 2.53. The van der Waals surface area contributed by atoms with Crippen LogP contribution in [0.4, 0.5) is 15.9 Å². The van der Waals surface area contributed by atoms with Gasteiger partial charge in [-0.1, -0.05) is 0 Å². The van der Waals surface area contributed by atoms with Crippen molar-refractivity contribution in [2.75, 3.05) is 44.3 Å². The van der Waals surface area contributed by atoms with Crippen molar-refractivity contribution in [3.8, 4) is 11.3 Å². The first-order valence-electron chi connectivity index (χ1n) is 9.75. The molecule has 3 N–H and O–H groups in total. The summed E-state index contributed by atoms with van der Waals surface area (Å²) >= 11 is 0. The van der Waals surface area contributed by atoms with Gasteiger partial charge in [0.2, 0.25) is 5.91 Å². The Morgan fingerprint density at radius 3 is 2.43 bits per heavy atom. The Morgan fingerprint density at radius 1 is 1.11 bits per heavy atom. The lowest BCUT2D eigenvalue weighted by molar-refractivity contribution is -0.118. The Balaban J connectivity index is 1.24. The number of aromatic nitrogens is 1. The molecule has 2 saturated heterocycles. The second kappa shape index (κ2) is 6.53. The number of likely N-dealkylation sites (N-methyl/N-ethyl adjacent to an activating group) is 1. The predicted octanol–water partition coefficient (Wildman–Crippen LogP) is 1.90. The summed E-state index contributed by atoms with van der Waals surface area (Å²) in [5.74, 6) is 1.06. The molecule has 1 aromatic heterocycles. The van der Waals surface area contributed by atoms with E-state index in [1.807, 2.05) is 0 Å². The van der Waals surface area contributed by atoms with Crippen molar-refractivity contribution in [2.45, 2.75) is 6.04 Å². The van der Waals surface area contributed by atoms with Gasteiger partial charge in [0, 0.05) is 43.7 Å². The fraction of sp³-hybridized carbons (Fsp3) is 0.429. The number of rotatable bonds is 4. The molecular weight excluding hydrogens is 357 g/mol. The summed E-state index contributed by atoms with van der Waals surface area (Å²) in [7, 11) is 2.14. The normalized spacial score (nSPS) is 27.3. The summed E-state index contributed by atoms with van der Waals surface area (Å²) < 4.78 is 13.1. The third kappa shape index (κ3) is 3.04. The van der Waals surface area contributed by atoms with Gasteiger partial charge in [-0.25, -0.2) is 9.37 Å². The lowest BCUT2D eigenvalue weighted by Gasteiger charge is -2.42. The number of likely N-dealkylation sites (tertiary alicyclic amines) is 2. The molecule has 1 amide bonds. The van der Waals surface area contributed by atoms with Crippen molar-refractivity contribution >= 4 is 17.4 Å². The highest BCUT2D eigenvalue weighted by Gasteiger charge is 2.60. The second-order valence-electron chi connectivity index (χ2n) is 8.31. The van der Waals surface area contributed by atoms with Crippen LogP contribution in [0, 0.1) is 23.6 Å². The topological polar surface area (TPSA) is 74.5 Å². The largest absolute Gasteiger partial charge is 0.396 e. The van der Waals surface area contributed by atoms with E-state index in [1.54, 1.807) is 24.3 Å². The number of benzene rings is 1. The van der Waals surface area contributed by atoms with Gasteiger partial charge in [-0.2, -0.15) is 0 Å². The minimum atomic E-state index is -0.296. The van der Waals surface area contributed by atoms with Crippen LogP contribution in [0.2, 0.25) is 0 Å². The molecular formula is C21H24FN5O. The molecule has 0 radical (unpaired) electrons. The zero-order chi connectivity index (χ0) is 19.4. The molecule has 1 aromatic carbocycles. The summed E-state index contributed by atoms with van der Waals surface area (Å²) in [4.78, 5) is 22.1. The van der Waals surface area contributed by atoms with Gasteiger partial charge in [0.15, 0.2) is 5.82 Å². The van der Waals surface area contributed by atoms with Gasteiger partial charge in [0.05, 0.1) is 11.4 Å². The first-order valence-corrected chi connectivity index (χ1v) is 9.75. The average molecular weight is 381 g/mol. The maximum absolute atomic E-state index is 13.1. The van der Waals surface area contributed by atoms with Crippen LogP contribution in [0.5, 0.6) is 0 Å². The molecule has 6 nitrogen and oxygen atoms in total. The quantitative estimate of drug-likeness (QED) is 0.846. The number of nitrogen functional groups attached to an aromatic ring is 1. The number of nitrogens with zero attached hydrogens (tertiary/aromatic N) is 3. The van der Waals surface area contributed by atoms with Gasteiger partial charge in [0.25, 0.3) is 0 Å². The number of carbonyl (C=O) groups excluding carboxylic acids is 1. The molecule has 0 bridgehead atoms. The minimum absolute atomic E-state index is 0.0100. The van der Waals surface area contributed by atoms with E-state index < -0.39 is 0 Å². The highest BCUT2D eigenvalue weighted by molar-refractivity contribution is 5.96. The summed E-state index contributed by atoms with van der Waals surface area (Å²) in [6, 6.07) is 10.3. The van der Waals surface area contributed by atoms with Crippen molar-refractivity contribution in [3.63, 3.8) is 0 Å². The summed E-state index contributed by atoms with van der Waals surface area (Å²) in [6.07, 6.45) is 0. The van der Waals surface area contributed by atoms with E-state index in [4.69, 9.17) is 5.73 Å². The Labute approximate surface area is 163 Å². The molecule has 2 aliphatic heterocycles. The molecule has 5 rings (SSSR count). The highest BCUT2D eigenvalue weighted by atomic mass is 19.1. The molecule has 1 aliphatic carbocycles. The van der Waals surface area contributed by atoms with E-state index in [1.165, 1.54) is 12.1 Å². The van der Waals surface area contributed by atoms with Crippen LogP contribution < -0.4 is 11.1 Å². The first-order chi connectivity index (χ1) is 13.5. The molecule has 3 fully saturated rings. The molecule has 28 heavy (non-hydrogen) atoms. The number of fused-ring (bicyclic) bond motifs is 1. The Morgan fingerprint density at radius 2 is 1.79 bits per heavy atom. The number of nitrogens with two attached hydrogens (primary N) is 1. The van der Waals surface area contributed by atoms with Crippen molar-refractivity contribution < 1.29 is 9.18 Å². The fourth-order valence-electron chi connectivity index (χ4n) is 4.69. The molecule has 1 saturated carbocycles. The molecule has 146 valence electrons. The first kappa shape index (κ1) is 17.6. The number of amides is 1. The van der Waals surface area contributed by atoms with Crippen LogP contribution in [0.15, 0.2) is 36.4 Å². The van der Waals surface area contributed by atoms with E-state index in [-0.39, 0.29) is 17.6 Å². The Kier molecular flexibility index (Phi) is 4.10. The number of hydrogen-bond acceptors (Lipinski definition) is 5. The molecule has 7 heteroatoms. The average Bonchev–Trinajstić information content (AvgIpc) is 3.16. The predicted molar refractivity (Wildman–Crippen MR) is 106 cm³/mol. The molecule has 2 aromatic rings. The zero-order valence-corrected chi connectivity index (χ0v) is 15.8. The monoisotopic (exact) mass is 381 g/mol. The van der Waals surface area contributed by atoms with Crippen molar-refractivity contribution in [3.05, 3.63) is 42.2 Å². The number of carbonyl (C=O) groups is 1. The smallest absolute Gasteiger partial charge is 0.229 e. The van der Waals surface area contributed by atoms with Gasteiger partial charge in [0.1, 0.15) is 5.82 Å². The lowest BCUT2D eigenvalue weighted by atomic mass is 10.1. The van der Waals surface area contributed by atoms with E-state index in [2.05, 4.69) is 27.1 Å². The zero-order valence-electron chi connectivity index (χ0n) is 15.8. The van der Waals surface area contributed by atoms with Crippen LogP contribution >= 0.6 is 0 Å². The van der Waals surface area contributed by atoms with Crippen molar-refractivity contribution in [2.24, 2.45) is 17.8 Å². The number of nitrogens with one attached hydrogen (secondary N) is 1. The summed E-state index contributed by atoms with van der Waals surface area (Å²) in [6.45, 7) is 4.29. The van der Waals surface area contributed by atoms with Crippen molar-refractivity contribution in [1.29, 1.82) is 0 Å². The summed E-state index contributed by atoms with van der Waals surface area (Å²) in [5.41, 5.74) is 7.89. The van der Waals surface area contributed by atoms with Gasteiger partial charge in [-0.05, 0) is 55.3 Å². The number of pyridine rings is 1. The molecule has 3 atom stereocenters. The Hall–Kier alpha value is -2.51. The molecule has 1 unspecified atom stereocenters. The van der Waals surface area contributed by atoms with Crippen LogP contribution in [-0.2, 0) is 4.79 Å². The number of anilines is 2. The van der Waals surface area contributed by atoms with Gasteiger partial charge >= 0.3 is 0 Å². The van der Waals surface area contributed by atoms with Gasteiger partial charge < -0.3 is 16.0 Å². The standard InChI is InChI=1S/C21H24FN5O/c1-26-8-14(9-26)27-10-15-16(11-27)19(15)21(28)25-20-17(23)6-7-18(24-20)12-2-4-13(22)5-3-12/h2-7,14-16,19H,8-11,23H2,1H3,(H,24,25,28)/t15-,16+,19?. The summed E-state index contributed by atoms with van der Waals surface area (Å²) in [5, 5.41) is 2.93. The van der Waals surface area contributed by atoms with Crippen molar-refractivity contribution in [1.82, 2.24) is 14.8 Å². The molecule has 3 heterocycles. The minimum Gasteiger partial charge on any atom is -0.396 e. The van der Waals surface area contributed by atoms with E-state index >= 15 is 0 Å². The SMILES string of the molecule is CN1CC(N2C[C@@H]3C(C(=O)Nc4nc(-c5ccc(F)cc5)ccc4N)[C@@H]3C2)C1. The van der Waals surface area contributed by atoms with Crippen LogP contribution in [0.25, 0.3) is 11.3 Å². The Bertz CT molecular complexity index is 900.